The average Bonchev–Trinajstić information content (AvgIpc) is 2.01. The maximum absolute atomic E-state index is 11.7. The van der Waals surface area contributed by atoms with Crippen LogP contribution in [0.15, 0.2) is 0 Å². The molecule has 1 fully saturated rings. The molecule has 0 aromatic carbocycles. The van der Waals surface area contributed by atoms with Crippen LogP contribution in [0.4, 0.5) is 8.78 Å². The number of halogens is 2. The second kappa shape index (κ2) is 4.86. The van der Waals surface area contributed by atoms with Gasteiger partial charge in [0.25, 0.3) is 6.43 Å². The predicted molar refractivity (Wildman–Crippen MR) is 48.8 cm³/mol. The summed E-state index contributed by atoms with van der Waals surface area (Å²) in [5.41, 5.74) is 5.91. The molecule has 0 aromatic heterocycles. The first kappa shape index (κ1) is 10.9. The molecule has 0 radical (unpaired) electrons. The van der Waals surface area contributed by atoms with Crippen LogP contribution in [0.2, 0.25) is 0 Å². The molecule has 0 amide bonds. The Labute approximate surface area is 77.9 Å². The van der Waals surface area contributed by atoms with E-state index in [1.165, 1.54) is 19.3 Å². The molecule has 0 heterocycles. The predicted octanol–water partition coefficient (Wildman–Crippen LogP) is 1.36. The minimum Gasteiger partial charge on any atom is -0.330 e. The molecule has 1 saturated carbocycles. The zero-order chi connectivity index (χ0) is 9.73. The van der Waals surface area contributed by atoms with Crippen LogP contribution in [0, 0.1) is 5.41 Å². The van der Waals surface area contributed by atoms with E-state index in [9.17, 15) is 8.78 Å². The summed E-state index contributed by atoms with van der Waals surface area (Å²) in [6.07, 6.45) is 2.28. The van der Waals surface area contributed by atoms with Crippen LogP contribution in [0.1, 0.15) is 25.7 Å². The average molecular weight is 192 g/mol. The van der Waals surface area contributed by atoms with Crippen molar-refractivity contribution in [2.24, 2.45) is 11.1 Å². The summed E-state index contributed by atoms with van der Waals surface area (Å²) in [5.74, 6) is 0. The Hall–Kier alpha value is -0.220. The van der Waals surface area contributed by atoms with Gasteiger partial charge in [0.2, 0.25) is 0 Å². The van der Waals surface area contributed by atoms with Gasteiger partial charge in [0.15, 0.2) is 0 Å². The normalized spacial score (nSPS) is 20.3. The van der Waals surface area contributed by atoms with Crippen molar-refractivity contribution in [2.45, 2.75) is 32.1 Å². The zero-order valence-electron chi connectivity index (χ0n) is 7.86. The molecule has 2 nitrogen and oxygen atoms in total. The standard InChI is InChI=1S/C9H18F2N2/c10-8(11)6-13-5-4-9(7-12)2-1-3-9/h8,13H,1-7,12H2. The molecule has 78 valence electrons. The van der Waals surface area contributed by atoms with Gasteiger partial charge in [0, 0.05) is 0 Å². The van der Waals surface area contributed by atoms with Crippen LogP contribution in [-0.4, -0.2) is 26.1 Å². The maximum Gasteiger partial charge on any atom is 0.250 e. The number of rotatable bonds is 6. The lowest BCUT2D eigenvalue weighted by Gasteiger charge is -2.41. The summed E-state index contributed by atoms with van der Waals surface area (Å²) in [5, 5.41) is 2.74. The molecule has 1 aliphatic rings. The lowest BCUT2D eigenvalue weighted by Crippen LogP contribution is -2.40. The Morgan fingerprint density at radius 3 is 2.46 bits per heavy atom. The summed E-state index contributed by atoms with van der Waals surface area (Å²) in [6.45, 7) is 1.17. The SMILES string of the molecule is NCC1(CCNCC(F)F)CCC1. The summed E-state index contributed by atoms with van der Waals surface area (Å²) in [6, 6.07) is 0. The largest absolute Gasteiger partial charge is 0.330 e. The van der Waals surface area contributed by atoms with Crippen LogP contribution in [0.5, 0.6) is 0 Å². The van der Waals surface area contributed by atoms with E-state index in [1.54, 1.807) is 0 Å². The van der Waals surface area contributed by atoms with Crippen molar-refractivity contribution >= 4 is 0 Å². The molecule has 1 rings (SSSR count). The van der Waals surface area contributed by atoms with Gasteiger partial charge in [-0.1, -0.05) is 6.42 Å². The fourth-order valence-corrected chi connectivity index (χ4v) is 1.80. The van der Waals surface area contributed by atoms with E-state index in [0.717, 1.165) is 6.42 Å². The van der Waals surface area contributed by atoms with E-state index in [1.807, 2.05) is 0 Å². The Balaban J connectivity index is 2.04. The Kier molecular flexibility index (Phi) is 4.06. The van der Waals surface area contributed by atoms with Crippen molar-refractivity contribution < 1.29 is 8.78 Å². The van der Waals surface area contributed by atoms with E-state index in [0.29, 0.717) is 13.1 Å². The van der Waals surface area contributed by atoms with Crippen molar-refractivity contribution in [1.82, 2.24) is 5.32 Å². The number of nitrogens with one attached hydrogen (secondary N) is 1. The highest BCUT2D eigenvalue weighted by Crippen LogP contribution is 2.42. The molecule has 4 heteroatoms. The molecule has 0 atom stereocenters. The van der Waals surface area contributed by atoms with Gasteiger partial charge in [0.1, 0.15) is 0 Å². The lowest BCUT2D eigenvalue weighted by molar-refractivity contribution is 0.118. The Morgan fingerprint density at radius 2 is 2.08 bits per heavy atom. The van der Waals surface area contributed by atoms with Gasteiger partial charge >= 0.3 is 0 Å². The molecule has 0 spiro atoms. The molecule has 3 N–H and O–H groups in total. The van der Waals surface area contributed by atoms with Gasteiger partial charge in [0.05, 0.1) is 6.54 Å². The third kappa shape index (κ3) is 3.19. The van der Waals surface area contributed by atoms with E-state index in [2.05, 4.69) is 5.32 Å². The van der Waals surface area contributed by atoms with Gasteiger partial charge in [-0.3, -0.25) is 0 Å². The summed E-state index contributed by atoms with van der Waals surface area (Å²) < 4.78 is 23.5. The van der Waals surface area contributed by atoms with Crippen molar-refractivity contribution in [1.29, 1.82) is 0 Å². The topological polar surface area (TPSA) is 38.0 Å². The fourth-order valence-electron chi connectivity index (χ4n) is 1.80. The van der Waals surface area contributed by atoms with Crippen LogP contribution in [-0.2, 0) is 0 Å². The number of alkyl halides is 2. The molecule has 13 heavy (non-hydrogen) atoms. The number of hydrogen-bond acceptors (Lipinski definition) is 2. The highest BCUT2D eigenvalue weighted by atomic mass is 19.3. The quantitative estimate of drug-likeness (QED) is 0.624. The van der Waals surface area contributed by atoms with Gasteiger partial charge < -0.3 is 11.1 Å². The molecule has 0 unspecified atom stereocenters. The first-order valence-corrected chi connectivity index (χ1v) is 4.87. The lowest BCUT2D eigenvalue weighted by atomic mass is 9.67. The molecular formula is C9H18F2N2. The van der Waals surface area contributed by atoms with Crippen LogP contribution in [0.25, 0.3) is 0 Å². The molecule has 0 aliphatic heterocycles. The minimum atomic E-state index is -2.24. The smallest absolute Gasteiger partial charge is 0.250 e. The first-order valence-electron chi connectivity index (χ1n) is 4.87. The molecule has 0 bridgehead atoms. The van der Waals surface area contributed by atoms with E-state index < -0.39 is 6.43 Å². The van der Waals surface area contributed by atoms with Crippen molar-refractivity contribution in [3.8, 4) is 0 Å². The molecule has 1 aliphatic carbocycles. The zero-order valence-corrected chi connectivity index (χ0v) is 7.86. The number of hydrogen-bond donors (Lipinski definition) is 2. The first-order chi connectivity index (χ1) is 6.18. The second-order valence-electron chi connectivity index (χ2n) is 3.90. The third-order valence-corrected chi connectivity index (χ3v) is 2.98. The van der Waals surface area contributed by atoms with Crippen LogP contribution in [0.3, 0.4) is 0 Å². The van der Waals surface area contributed by atoms with Gasteiger partial charge in [-0.15, -0.1) is 0 Å². The van der Waals surface area contributed by atoms with Gasteiger partial charge in [-0.05, 0) is 37.8 Å². The monoisotopic (exact) mass is 192 g/mol. The third-order valence-electron chi connectivity index (χ3n) is 2.98. The summed E-state index contributed by atoms with van der Waals surface area (Å²) in [4.78, 5) is 0. The minimum absolute atomic E-state index is 0.194. The van der Waals surface area contributed by atoms with Crippen LogP contribution >= 0.6 is 0 Å². The van der Waals surface area contributed by atoms with Crippen molar-refractivity contribution in [3.63, 3.8) is 0 Å². The Bertz CT molecular complexity index is 141. The molecule has 0 saturated heterocycles. The van der Waals surface area contributed by atoms with E-state index >= 15 is 0 Å². The Morgan fingerprint density at radius 1 is 1.38 bits per heavy atom. The molecule has 0 aromatic rings. The van der Waals surface area contributed by atoms with Crippen molar-refractivity contribution in [3.05, 3.63) is 0 Å². The van der Waals surface area contributed by atoms with E-state index in [-0.39, 0.29) is 12.0 Å². The van der Waals surface area contributed by atoms with E-state index in [4.69, 9.17) is 5.73 Å². The summed E-state index contributed by atoms with van der Waals surface area (Å²) in [7, 11) is 0. The second-order valence-corrected chi connectivity index (χ2v) is 3.90. The molecular weight excluding hydrogens is 174 g/mol. The van der Waals surface area contributed by atoms with Crippen molar-refractivity contribution in [2.75, 3.05) is 19.6 Å². The summed E-state index contributed by atoms with van der Waals surface area (Å²) >= 11 is 0. The maximum atomic E-state index is 11.7. The van der Waals surface area contributed by atoms with Gasteiger partial charge in [-0.2, -0.15) is 0 Å². The number of nitrogens with two attached hydrogens (primary N) is 1. The highest BCUT2D eigenvalue weighted by Gasteiger charge is 2.34. The fraction of sp³-hybridized carbons (Fsp3) is 1.00. The van der Waals surface area contributed by atoms with Crippen LogP contribution < -0.4 is 11.1 Å². The highest BCUT2D eigenvalue weighted by molar-refractivity contribution is 4.88. The van der Waals surface area contributed by atoms with Gasteiger partial charge in [-0.25, -0.2) is 8.78 Å².